The second-order valence-corrected chi connectivity index (χ2v) is 4.68. The number of aryl methyl sites for hydroxylation is 2. The van der Waals surface area contributed by atoms with Crippen molar-refractivity contribution in [2.75, 3.05) is 24.2 Å². The first-order chi connectivity index (χ1) is 9.72. The summed E-state index contributed by atoms with van der Waals surface area (Å²) >= 11 is 0. The minimum absolute atomic E-state index is 0.825. The van der Waals surface area contributed by atoms with Crippen LogP contribution in [0.4, 0.5) is 11.6 Å². The molecule has 2 rings (SSSR count). The zero-order chi connectivity index (χ0) is 14.4. The first-order valence-electron chi connectivity index (χ1n) is 6.99. The second kappa shape index (κ2) is 6.88. The minimum atomic E-state index is 0.825. The van der Waals surface area contributed by atoms with Gasteiger partial charge in [0.1, 0.15) is 17.5 Å². The molecule has 0 amide bonds. The van der Waals surface area contributed by atoms with Gasteiger partial charge in [-0.1, -0.05) is 6.92 Å². The number of nitrogens with zero attached hydrogens (tertiary/aromatic N) is 4. The van der Waals surface area contributed by atoms with E-state index in [-0.39, 0.29) is 0 Å². The molecule has 6 nitrogen and oxygen atoms in total. The number of hydrogen-bond acceptors (Lipinski definition) is 5. The lowest BCUT2D eigenvalue weighted by molar-refractivity contribution is 0.710. The molecule has 0 saturated carbocycles. The highest BCUT2D eigenvalue weighted by molar-refractivity contribution is 5.47. The third kappa shape index (κ3) is 3.69. The molecule has 0 unspecified atom stereocenters. The van der Waals surface area contributed by atoms with Gasteiger partial charge in [-0.05, 0) is 12.5 Å². The van der Waals surface area contributed by atoms with E-state index in [9.17, 15) is 0 Å². The maximum absolute atomic E-state index is 4.53. The van der Waals surface area contributed by atoms with E-state index in [1.54, 1.807) is 0 Å². The molecule has 0 spiro atoms. The molecule has 2 aromatic heterocycles. The van der Waals surface area contributed by atoms with E-state index in [4.69, 9.17) is 0 Å². The quantitative estimate of drug-likeness (QED) is 0.806. The van der Waals surface area contributed by atoms with Crippen molar-refractivity contribution >= 4 is 11.6 Å². The van der Waals surface area contributed by atoms with Crippen LogP contribution < -0.4 is 10.6 Å². The van der Waals surface area contributed by atoms with Crippen molar-refractivity contribution in [2.24, 2.45) is 7.05 Å². The summed E-state index contributed by atoms with van der Waals surface area (Å²) in [5, 5.41) is 10.6. The Kier molecular flexibility index (Phi) is 4.92. The van der Waals surface area contributed by atoms with Crippen LogP contribution in [0.1, 0.15) is 24.9 Å². The first kappa shape index (κ1) is 14.3. The fourth-order valence-electron chi connectivity index (χ4n) is 2.02. The van der Waals surface area contributed by atoms with E-state index in [0.29, 0.717) is 0 Å². The molecule has 0 bridgehead atoms. The SMILES string of the molecule is CCCc1nc(NC)cc(NCCc2ccnn2C)n1. The van der Waals surface area contributed by atoms with Gasteiger partial charge in [0.15, 0.2) is 0 Å². The van der Waals surface area contributed by atoms with Crippen LogP contribution in [-0.2, 0) is 19.9 Å². The molecule has 0 aliphatic carbocycles. The zero-order valence-corrected chi connectivity index (χ0v) is 12.3. The smallest absolute Gasteiger partial charge is 0.133 e. The predicted molar refractivity (Wildman–Crippen MR) is 81.0 cm³/mol. The Labute approximate surface area is 119 Å². The highest BCUT2D eigenvalue weighted by Gasteiger charge is 2.04. The lowest BCUT2D eigenvalue weighted by atomic mass is 10.3. The number of rotatable bonds is 7. The molecule has 0 saturated heterocycles. The van der Waals surface area contributed by atoms with Crippen molar-refractivity contribution in [3.05, 3.63) is 29.8 Å². The molecule has 2 heterocycles. The Balaban J connectivity index is 1.97. The summed E-state index contributed by atoms with van der Waals surface area (Å²) in [7, 11) is 3.83. The predicted octanol–water partition coefficient (Wildman–Crippen LogP) is 1.86. The van der Waals surface area contributed by atoms with Gasteiger partial charge in [-0.2, -0.15) is 5.10 Å². The maximum Gasteiger partial charge on any atom is 0.133 e. The Morgan fingerprint density at radius 3 is 2.65 bits per heavy atom. The van der Waals surface area contributed by atoms with Gasteiger partial charge in [-0.25, -0.2) is 9.97 Å². The first-order valence-corrected chi connectivity index (χ1v) is 6.99. The van der Waals surface area contributed by atoms with Crippen LogP contribution in [0.25, 0.3) is 0 Å². The van der Waals surface area contributed by atoms with E-state index < -0.39 is 0 Å². The summed E-state index contributed by atoms with van der Waals surface area (Å²) in [6.45, 7) is 2.95. The zero-order valence-electron chi connectivity index (χ0n) is 12.3. The summed E-state index contributed by atoms with van der Waals surface area (Å²) < 4.78 is 1.89. The summed E-state index contributed by atoms with van der Waals surface area (Å²) in [6.07, 6.45) is 4.67. The van der Waals surface area contributed by atoms with E-state index in [0.717, 1.165) is 43.3 Å². The van der Waals surface area contributed by atoms with Crippen LogP contribution >= 0.6 is 0 Å². The van der Waals surface area contributed by atoms with Gasteiger partial charge in [0.25, 0.3) is 0 Å². The highest BCUT2D eigenvalue weighted by atomic mass is 15.3. The lowest BCUT2D eigenvalue weighted by Crippen LogP contribution is -2.11. The number of nitrogens with one attached hydrogen (secondary N) is 2. The van der Waals surface area contributed by atoms with Crippen LogP contribution in [0, 0.1) is 0 Å². The Hall–Kier alpha value is -2.11. The largest absolute Gasteiger partial charge is 0.373 e. The molecule has 0 aliphatic heterocycles. The lowest BCUT2D eigenvalue weighted by Gasteiger charge is -2.09. The van der Waals surface area contributed by atoms with Crippen LogP contribution in [-0.4, -0.2) is 33.3 Å². The summed E-state index contributed by atoms with van der Waals surface area (Å²) in [6, 6.07) is 3.96. The molecule has 6 heteroatoms. The fraction of sp³-hybridized carbons (Fsp3) is 0.500. The molecule has 108 valence electrons. The second-order valence-electron chi connectivity index (χ2n) is 4.68. The number of hydrogen-bond donors (Lipinski definition) is 2. The summed E-state index contributed by atoms with van der Waals surface area (Å²) in [5.41, 5.74) is 1.20. The minimum Gasteiger partial charge on any atom is -0.373 e. The van der Waals surface area contributed by atoms with Gasteiger partial charge in [-0.15, -0.1) is 0 Å². The van der Waals surface area contributed by atoms with Crippen LogP contribution in [0.5, 0.6) is 0 Å². The van der Waals surface area contributed by atoms with E-state index in [1.807, 2.05) is 37.1 Å². The molecule has 0 aliphatic rings. The molecule has 20 heavy (non-hydrogen) atoms. The molecule has 2 N–H and O–H groups in total. The van der Waals surface area contributed by atoms with Gasteiger partial charge in [0.2, 0.25) is 0 Å². The number of aromatic nitrogens is 4. The fourth-order valence-corrected chi connectivity index (χ4v) is 2.02. The standard InChI is InChI=1S/C14H22N6/c1-4-5-12-18-13(15-2)10-14(19-12)16-8-6-11-7-9-17-20(11)3/h7,9-10H,4-6,8H2,1-3H3,(H2,15,16,18,19). The van der Waals surface area contributed by atoms with Crippen LogP contribution in [0.15, 0.2) is 18.3 Å². The van der Waals surface area contributed by atoms with Gasteiger partial charge < -0.3 is 10.6 Å². The van der Waals surface area contributed by atoms with E-state index >= 15 is 0 Å². The highest BCUT2D eigenvalue weighted by Crippen LogP contribution is 2.12. The summed E-state index contributed by atoms with van der Waals surface area (Å²) in [5.74, 6) is 2.60. The average molecular weight is 274 g/mol. The van der Waals surface area contributed by atoms with Crippen molar-refractivity contribution in [3.8, 4) is 0 Å². The topological polar surface area (TPSA) is 67.7 Å². The van der Waals surface area contributed by atoms with E-state index in [1.165, 1.54) is 5.69 Å². The molecule has 0 aromatic carbocycles. The van der Waals surface area contributed by atoms with E-state index in [2.05, 4.69) is 32.6 Å². The van der Waals surface area contributed by atoms with Crippen molar-refractivity contribution in [1.29, 1.82) is 0 Å². The summed E-state index contributed by atoms with van der Waals surface area (Å²) in [4.78, 5) is 8.97. The molecule has 2 aromatic rings. The van der Waals surface area contributed by atoms with Crippen molar-refractivity contribution in [2.45, 2.75) is 26.2 Å². The number of anilines is 2. The van der Waals surface area contributed by atoms with Gasteiger partial charge >= 0.3 is 0 Å². The Bertz CT molecular complexity index is 548. The molecule has 0 radical (unpaired) electrons. The monoisotopic (exact) mass is 274 g/mol. The van der Waals surface area contributed by atoms with Gasteiger partial charge in [0, 0.05) is 51.4 Å². The third-order valence-electron chi connectivity index (χ3n) is 3.11. The van der Waals surface area contributed by atoms with Gasteiger partial charge in [0.05, 0.1) is 0 Å². The van der Waals surface area contributed by atoms with Gasteiger partial charge in [-0.3, -0.25) is 4.68 Å². The third-order valence-corrected chi connectivity index (χ3v) is 3.11. The molecule has 0 atom stereocenters. The van der Waals surface area contributed by atoms with Crippen LogP contribution in [0.2, 0.25) is 0 Å². The van der Waals surface area contributed by atoms with Crippen LogP contribution in [0.3, 0.4) is 0 Å². The molecular weight excluding hydrogens is 252 g/mol. The van der Waals surface area contributed by atoms with Crippen molar-refractivity contribution in [1.82, 2.24) is 19.7 Å². The Morgan fingerprint density at radius 2 is 2.00 bits per heavy atom. The normalized spacial score (nSPS) is 10.6. The maximum atomic E-state index is 4.53. The Morgan fingerprint density at radius 1 is 1.20 bits per heavy atom. The average Bonchev–Trinajstić information content (AvgIpc) is 2.84. The molecular formula is C14H22N6. The molecule has 0 fully saturated rings. The van der Waals surface area contributed by atoms with Crippen molar-refractivity contribution < 1.29 is 0 Å². The van der Waals surface area contributed by atoms with Crippen molar-refractivity contribution in [3.63, 3.8) is 0 Å².